The minimum Gasteiger partial charge on any atom is -0.508 e. The Bertz CT molecular complexity index is 514. The summed E-state index contributed by atoms with van der Waals surface area (Å²) in [6.45, 7) is 0. The van der Waals surface area contributed by atoms with Gasteiger partial charge in [0.15, 0.2) is 11.5 Å². The van der Waals surface area contributed by atoms with E-state index in [9.17, 15) is 15.0 Å². The molecule has 0 aromatic heterocycles. The maximum atomic E-state index is 11.6. The smallest absolute Gasteiger partial charge is 0.315 e. The Morgan fingerprint density at radius 3 is 2.22 bits per heavy atom. The molecule has 0 aliphatic carbocycles. The van der Waals surface area contributed by atoms with Crippen LogP contribution >= 0.6 is 0 Å². The van der Waals surface area contributed by atoms with Gasteiger partial charge in [-0.3, -0.25) is 4.79 Å². The fourth-order valence-electron chi connectivity index (χ4n) is 1.52. The van der Waals surface area contributed by atoms with Crippen LogP contribution in [0.4, 0.5) is 0 Å². The second-order valence-electron chi connectivity index (χ2n) is 3.75. The number of benzene rings is 2. The van der Waals surface area contributed by atoms with E-state index in [1.807, 2.05) is 0 Å². The standard InChI is InChI=1S/C14H12O4/c15-11-6-2-1-5-10(11)9-14(17)18-13-8-4-3-7-12(13)16/h1-8,15-16H,9H2. The van der Waals surface area contributed by atoms with E-state index >= 15 is 0 Å². The summed E-state index contributed by atoms with van der Waals surface area (Å²) in [4.78, 5) is 11.6. The van der Waals surface area contributed by atoms with Crippen LogP contribution in [0, 0.1) is 0 Å². The zero-order valence-electron chi connectivity index (χ0n) is 9.54. The van der Waals surface area contributed by atoms with Gasteiger partial charge in [0.05, 0.1) is 6.42 Å². The fraction of sp³-hybridized carbons (Fsp3) is 0.0714. The first kappa shape index (κ1) is 12.0. The zero-order chi connectivity index (χ0) is 13.0. The van der Waals surface area contributed by atoms with Gasteiger partial charge in [-0.25, -0.2) is 0 Å². The summed E-state index contributed by atoms with van der Waals surface area (Å²) in [5.74, 6) is -0.481. The average Bonchev–Trinajstić information content (AvgIpc) is 2.35. The number of hydrogen-bond donors (Lipinski definition) is 2. The highest BCUT2D eigenvalue weighted by molar-refractivity contribution is 5.76. The van der Waals surface area contributed by atoms with Gasteiger partial charge < -0.3 is 14.9 Å². The molecule has 0 spiro atoms. The number of esters is 1. The summed E-state index contributed by atoms with van der Waals surface area (Å²) in [6, 6.07) is 12.8. The summed E-state index contributed by atoms with van der Waals surface area (Å²) >= 11 is 0. The van der Waals surface area contributed by atoms with Crippen LogP contribution < -0.4 is 4.74 Å². The average molecular weight is 244 g/mol. The molecule has 2 N–H and O–H groups in total. The summed E-state index contributed by atoms with van der Waals surface area (Å²) < 4.78 is 5.00. The highest BCUT2D eigenvalue weighted by Gasteiger charge is 2.11. The van der Waals surface area contributed by atoms with Gasteiger partial charge in [-0.15, -0.1) is 0 Å². The van der Waals surface area contributed by atoms with Crippen molar-refractivity contribution in [1.29, 1.82) is 0 Å². The zero-order valence-corrected chi connectivity index (χ0v) is 9.54. The van der Waals surface area contributed by atoms with Gasteiger partial charge in [-0.05, 0) is 18.2 Å². The first-order valence-electron chi connectivity index (χ1n) is 5.42. The molecule has 92 valence electrons. The van der Waals surface area contributed by atoms with Crippen molar-refractivity contribution in [2.75, 3.05) is 0 Å². The highest BCUT2D eigenvalue weighted by atomic mass is 16.5. The molecule has 0 radical (unpaired) electrons. The molecule has 0 saturated heterocycles. The van der Waals surface area contributed by atoms with Gasteiger partial charge in [0.25, 0.3) is 0 Å². The van der Waals surface area contributed by atoms with Crippen molar-refractivity contribution in [3.8, 4) is 17.2 Å². The first-order valence-corrected chi connectivity index (χ1v) is 5.42. The van der Waals surface area contributed by atoms with Gasteiger partial charge in [0.2, 0.25) is 0 Å². The Balaban J connectivity index is 2.06. The predicted molar refractivity (Wildman–Crippen MR) is 65.6 cm³/mol. The number of phenols is 2. The van der Waals surface area contributed by atoms with Gasteiger partial charge in [0, 0.05) is 5.56 Å². The molecule has 0 unspecified atom stereocenters. The maximum absolute atomic E-state index is 11.6. The molecule has 18 heavy (non-hydrogen) atoms. The van der Waals surface area contributed by atoms with E-state index < -0.39 is 5.97 Å². The molecule has 4 heteroatoms. The summed E-state index contributed by atoms with van der Waals surface area (Å²) in [5, 5.41) is 19.0. The lowest BCUT2D eigenvalue weighted by molar-refractivity contribution is -0.133. The van der Waals surface area contributed by atoms with Crippen LogP contribution in [0.25, 0.3) is 0 Å². The first-order chi connectivity index (χ1) is 8.66. The Kier molecular flexibility index (Phi) is 3.48. The van der Waals surface area contributed by atoms with E-state index in [0.717, 1.165) is 0 Å². The summed E-state index contributed by atoms with van der Waals surface area (Å²) in [7, 11) is 0. The second-order valence-corrected chi connectivity index (χ2v) is 3.75. The third-order valence-corrected chi connectivity index (χ3v) is 2.42. The third-order valence-electron chi connectivity index (χ3n) is 2.42. The predicted octanol–water partition coefficient (Wildman–Crippen LogP) is 2.25. The van der Waals surface area contributed by atoms with Gasteiger partial charge in [0.1, 0.15) is 5.75 Å². The van der Waals surface area contributed by atoms with Crippen molar-refractivity contribution in [2.45, 2.75) is 6.42 Å². The second kappa shape index (κ2) is 5.23. The minimum atomic E-state index is -0.544. The molecule has 0 amide bonds. The van der Waals surface area contributed by atoms with Crippen LogP contribution in [-0.4, -0.2) is 16.2 Å². The van der Waals surface area contributed by atoms with Crippen molar-refractivity contribution in [3.63, 3.8) is 0 Å². The van der Waals surface area contributed by atoms with E-state index in [-0.39, 0.29) is 23.7 Å². The molecule has 0 fully saturated rings. The topological polar surface area (TPSA) is 66.8 Å². The molecule has 0 aliphatic rings. The molecule has 0 aliphatic heterocycles. The minimum absolute atomic E-state index is 0.0479. The summed E-state index contributed by atoms with van der Waals surface area (Å²) in [6.07, 6.45) is -0.0546. The number of rotatable bonds is 3. The van der Waals surface area contributed by atoms with Crippen molar-refractivity contribution in [2.24, 2.45) is 0 Å². The van der Waals surface area contributed by atoms with Gasteiger partial charge in [-0.2, -0.15) is 0 Å². The largest absolute Gasteiger partial charge is 0.508 e. The fourth-order valence-corrected chi connectivity index (χ4v) is 1.52. The van der Waals surface area contributed by atoms with Crippen molar-refractivity contribution < 1.29 is 19.7 Å². The Hall–Kier alpha value is -2.49. The Labute approximate surface area is 104 Å². The van der Waals surface area contributed by atoms with Gasteiger partial charge >= 0.3 is 5.97 Å². The van der Waals surface area contributed by atoms with Crippen LogP contribution in [0.2, 0.25) is 0 Å². The number of phenolic OH excluding ortho intramolecular Hbond substituents is 2. The van der Waals surface area contributed by atoms with E-state index in [1.54, 1.807) is 30.3 Å². The van der Waals surface area contributed by atoms with E-state index in [1.165, 1.54) is 18.2 Å². The lowest BCUT2D eigenvalue weighted by Gasteiger charge is -2.06. The molecule has 2 aromatic carbocycles. The number of carbonyl (C=O) groups excluding carboxylic acids is 1. The molecule has 0 bridgehead atoms. The highest BCUT2D eigenvalue weighted by Crippen LogP contribution is 2.25. The Morgan fingerprint density at radius 2 is 1.56 bits per heavy atom. The SMILES string of the molecule is O=C(Cc1ccccc1O)Oc1ccccc1O. The van der Waals surface area contributed by atoms with Gasteiger partial charge in [-0.1, -0.05) is 30.3 Å². The summed E-state index contributed by atoms with van der Waals surface area (Å²) in [5.41, 5.74) is 0.484. The van der Waals surface area contributed by atoms with E-state index in [0.29, 0.717) is 5.56 Å². The monoisotopic (exact) mass is 244 g/mol. The van der Waals surface area contributed by atoms with Crippen LogP contribution in [0.3, 0.4) is 0 Å². The molecule has 0 heterocycles. The molecule has 2 rings (SSSR count). The van der Waals surface area contributed by atoms with Crippen LogP contribution in [-0.2, 0) is 11.2 Å². The lowest BCUT2D eigenvalue weighted by Crippen LogP contribution is -2.11. The van der Waals surface area contributed by atoms with Crippen molar-refractivity contribution in [3.05, 3.63) is 54.1 Å². The lowest BCUT2D eigenvalue weighted by atomic mass is 10.1. The number of para-hydroxylation sites is 3. The number of ether oxygens (including phenoxy) is 1. The Morgan fingerprint density at radius 1 is 0.944 bits per heavy atom. The van der Waals surface area contributed by atoms with Crippen LogP contribution in [0.5, 0.6) is 17.2 Å². The molecule has 4 nitrogen and oxygen atoms in total. The van der Waals surface area contributed by atoms with E-state index in [2.05, 4.69) is 0 Å². The molecular formula is C14H12O4. The van der Waals surface area contributed by atoms with Crippen LogP contribution in [0.1, 0.15) is 5.56 Å². The quantitative estimate of drug-likeness (QED) is 0.642. The molecule has 0 atom stereocenters. The van der Waals surface area contributed by atoms with E-state index in [4.69, 9.17) is 4.74 Å². The number of hydrogen-bond acceptors (Lipinski definition) is 4. The molecular weight excluding hydrogens is 232 g/mol. The molecule has 0 saturated carbocycles. The van der Waals surface area contributed by atoms with Crippen molar-refractivity contribution in [1.82, 2.24) is 0 Å². The number of aromatic hydroxyl groups is 2. The maximum Gasteiger partial charge on any atom is 0.315 e. The number of carbonyl (C=O) groups is 1. The normalized spacial score (nSPS) is 10.0. The molecule has 2 aromatic rings. The van der Waals surface area contributed by atoms with Crippen molar-refractivity contribution >= 4 is 5.97 Å². The van der Waals surface area contributed by atoms with Crippen LogP contribution in [0.15, 0.2) is 48.5 Å². The third kappa shape index (κ3) is 2.79.